The van der Waals surface area contributed by atoms with Crippen molar-refractivity contribution in [3.05, 3.63) is 47.3 Å². The average Bonchev–Trinajstić information content (AvgIpc) is 3.22. The summed E-state index contributed by atoms with van der Waals surface area (Å²) in [6.07, 6.45) is 0.657. The summed E-state index contributed by atoms with van der Waals surface area (Å²) < 4.78 is 5.76. The highest BCUT2D eigenvalue weighted by molar-refractivity contribution is 6.03. The Morgan fingerprint density at radius 3 is 2.74 bits per heavy atom. The van der Waals surface area contributed by atoms with Gasteiger partial charge < -0.3 is 14.5 Å². The molecule has 4 amide bonds. The predicted octanol–water partition coefficient (Wildman–Crippen LogP) is 0.425. The fourth-order valence-corrected chi connectivity index (χ4v) is 3.23. The Bertz CT molecular complexity index is 879. The van der Waals surface area contributed by atoms with E-state index in [1.54, 1.807) is 4.90 Å². The van der Waals surface area contributed by atoms with Gasteiger partial charge in [-0.1, -0.05) is 18.2 Å². The zero-order valence-corrected chi connectivity index (χ0v) is 14.6. The van der Waals surface area contributed by atoms with E-state index in [1.165, 1.54) is 4.90 Å². The lowest BCUT2D eigenvalue weighted by Gasteiger charge is -2.28. The van der Waals surface area contributed by atoms with Crippen LogP contribution in [-0.2, 0) is 29.2 Å². The van der Waals surface area contributed by atoms with Crippen LogP contribution in [0.4, 0.5) is 4.79 Å². The summed E-state index contributed by atoms with van der Waals surface area (Å²) in [4.78, 5) is 38.3. The minimum Gasteiger partial charge on any atom is -0.487 e. The molecule has 0 aliphatic carbocycles. The third-order valence-electron chi connectivity index (χ3n) is 4.68. The molecule has 2 aliphatic rings. The quantitative estimate of drug-likeness (QED) is 0.743. The fourth-order valence-electron chi connectivity index (χ4n) is 3.23. The Kier molecular flexibility index (Phi) is 4.49. The Labute approximate surface area is 155 Å². The molecule has 4 rings (SSSR count). The number of aromatic nitrogens is 2. The number of nitrogens with zero attached hydrogens (tertiary/aromatic N) is 3. The van der Waals surface area contributed by atoms with Crippen LogP contribution in [0.1, 0.15) is 17.0 Å². The first kappa shape index (κ1) is 17.1. The summed E-state index contributed by atoms with van der Waals surface area (Å²) >= 11 is 0. The smallest absolute Gasteiger partial charge is 0.325 e. The summed E-state index contributed by atoms with van der Waals surface area (Å²) in [5, 5.41) is 9.52. The van der Waals surface area contributed by atoms with Gasteiger partial charge in [-0.2, -0.15) is 5.10 Å². The van der Waals surface area contributed by atoms with E-state index in [1.807, 2.05) is 30.3 Å². The van der Waals surface area contributed by atoms with Crippen LogP contribution in [0.5, 0.6) is 5.75 Å². The van der Waals surface area contributed by atoms with Crippen molar-refractivity contribution in [2.45, 2.75) is 19.6 Å². The average molecular weight is 369 g/mol. The number of hydrogen-bond acceptors (Lipinski definition) is 5. The van der Waals surface area contributed by atoms with Crippen molar-refractivity contribution in [1.29, 1.82) is 0 Å². The summed E-state index contributed by atoms with van der Waals surface area (Å²) in [6.45, 7) is 1.06. The van der Waals surface area contributed by atoms with Crippen molar-refractivity contribution in [2.24, 2.45) is 0 Å². The maximum atomic E-state index is 12.6. The number of fused-ring (bicyclic) bond motifs is 1. The first-order valence-electron chi connectivity index (χ1n) is 8.69. The number of urea groups is 1. The van der Waals surface area contributed by atoms with Crippen LogP contribution in [0.2, 0.25) is 0 Å². The second kappa shape index (κ2) is 7.10. The number of ether oxygens (including phenoxy) is 1. The van der Waals surface area contributed by atoms with Crippen LogP contribution in [0.3, 0.4) is 0 Å². The van der Waals surface area contributed by atoms with E-state index in [-0.39, 0.29) is 24.9 Å². The van der Waals surface area contributed by atoms with Gasteiger partial charge in [0.25, 0.3) is 0 Å². The normalized spacial score (nSPS) is 16.3. The number of benzene rings is 1. The molecule has 0 atom stereocenters. The Balaban J connectivity index is 1.40. The number of carbonyl (C=O) groups is 3. The van der Waals surface area contributed by atoms with Crippen molar-refractivity contribution >= 4 is 17.8 Å². The van der Waals surface area contributed by atoms with Crippen LogP contribution >= 0.6 is 0 Å². The highest BCUT2D eigenvalue weighted by atomic mass is 16.5. The zero-order valence-electron chi connectivity index (χ0n) is 14.6. The van der Waals surface area contributed by atoms with Crippen molar-refractivity contribution < 1.29 is 19.1 Å². The molecule has 1 aromatic heterocycles. The third-order valence-corrected chi connectivity index (χ3v) is 4.68. The first-order chi connectivity index (χ1) is 13.1. The number of para-hydroxylation sites is 1. The number of nitrogens with one attached hydrogen (secondary N) is 2. The Morgan fingerprint density at radius 2 is 2.00 bits per heavy atom. The van der Waals surface area contributed by atoms with E-state index in [2.05, 4.69) is 15.5 Å². The molecule has 9 nitrogen and oxygen atoms in total. The zero-order chi connectivity index (χ0) is 18.8. The van der Waals surface area contributed by atoms with Gasteiger partial charge in [-0.05, 0) is 12.1 Å². The van der Waals surface area contributed by atoms with Crippen LogP contribution in [0, 0.1) is 0 Å². The van der Waals surface area contributed by atoms with E-state index >= 15 is 0 Å². The molecule has 1 aromatic carbocycles. The van der Waals surface area contributed by atoms with E-state index in [0.29, 0.717) is 26.1 Å². The maximum absolute atomic E-state index is 12.6. The third kappa shape index (κ3) is 3.62. The number of hydrogen-bond donors (Lipinski definition) is 2. The molecule has 0 bridgehead atoms. The molecule has 0 radical (unpaired) electrons. The molecule has 0 spiro atoms. The molecule has 1 fully saturated rings. The number of carbonyl (C=O) groups excluding carboxylic acids is 3. The van der Waals surface area contributed by atoms with E-state index in [0.717, 1.165) is 22.7 Å². The maximum Gasteiger partial charge on any atom is 0.325 e. The van der Waals surface area contributed by atoms with E-state index in [9.17, 15) is 14.4 Å². The number of rotatable bonds is 5. The lowest BCUT2D eigenvalue weighted by molar-refractivity contribution is -0.132. The predicted molar refractivity (Wildman–Crippen MR) is 93.6 cm³/mol. The van der Waals surface area contributed by atoms with Gasteiger partial charge in [0.1, 0.15) is 31.1 Å². The molecule has 3 heterocycles. The summed E-state index contributed by atoms with van der Waals surface area (Å²) in [5.41, 5.74) is 2.72. The van der Waals surface area contributed by atoms with Crippen LogP contribution in [-0.4, -0.2) is 57.5 Å². The van der Waals surface area contributed by atoms with Crippen molar-refractivity contribution in [3.8, 4) is 5.75 Å². The molecule has 9 heteroatoms. The van der Waals surface area contributed by atoms with Crippen molar-refractivity contribution in [1.82, 2.24) is 25.3 Å². The molecule has 2 N–H and O–H groups in total. The molecular formula is C18H19N5O4. The van der Waals surface area contributed by atoms with Gasteiger partial charge in [0, 0.05) is 30.8 Å². The topological polar surface area (TPSA) is 108 Å². The second-order valence-electron chi connectivity index (χ2n) is 6.50. The van der Waals surface area contributed by atoms with E-state index < -0.39 is 6.03 Å². The van der Waals surface area contributed by atoms with Gasteiger partial charge in [-0.15, -0.1) is 0 Å². The van der Waals surface area contributed by atoms with Gasteiger partial charge in [0.2, 0.25) is 11.8 Å². The standard InChI is InChI=1S/C18H19N5O4/c24-16-9-23(18(26)19-16)10-17(25)22-7-6-14-13(8-22)15(21-20-14)11-27-12-4-2-1-3-5-12/h1-5H,6-11H2,(H,20,21)(H,19,24,26). The van der Waals surface area contributed by atoms with Gasteiger partial charge in [0.15, 0.2) is 0 Å². The van der Waals surface area contributed by atoms with Crippen molar-refractivity contribution in [3.63, 3.8) is 0 Å². The number of aromatic amines is 1. The summed E-state index contributed by atoms with van der Waals surface area (Å²) in [5.74, 6) is 0.174. The molecule has 0 unspecified atom stereocenters. The Hall–Kier alpha value is -3.36. The lowest BCUT2D eigenvalue weighted by Crippen LogP contribution is -2.43. The highest BCUT2D eigenvalue weighted by Crippen LogP contribution is 2.22. The molecular weight excluding hydrogens is 350 g/mol. The molecule has 1 saturated heterocycles. The molecule has 2 aliphatic heterocycles. The van der Waals surface area contributed by atoms with Gasteiger partial charge in [-0.3, -0.25) is 20.0 Å². The fraction of sp³-hybridized carbons (Fsp3) is 0.333. The van der Waals surface area contributed by atoms with E-state index in [4.69, 9.17) is 4.74 Å². The van der Waals surface area contributed by atoms with Gasteiger partial charge in [0.05, 0.1) is 0 Å². The molecule has 2 aromatic rings. The van der Waals surface area contributed by atoms with Gasteiger partial charge in [-0.25, -0.2) is 4.79 Å². The molecule has 140 valence electrons. The lowest BCUT2D eigenvalue weighted by atomic mass is 10.1. The minimum absolute atomic E-state index is 0.0778. The monoisotopic (exact) mass is 369 g/mol. The molecule has 0 saturated carbocycles. The Morgan fingerprint density at radius 1 is 1.19 bits per heavy atom. The number of imide groups is 1. The summed E-state index contributed by atoms with van der Waals surface area (Å²) in [6, 6.07) is 8.94. The minimum atomic E-state index is -0.522. The highest BCUT2D eigenvalue weighted by Gasteiger charge is 2.31. The van der Waals surface area contributed by atoms with Crippen molar-refractivity contribution in [2.75, 3.05) is 19.6 Å². The summed E-state index contributed by atoms with van der Waals surface area (Å²) in [7, 11) is 0. The first-order valence-corrected chi connectivity index (χ1v) is 8.69. The SMILES string of the molecule is O=C1CN(CC(=O)N2CCc3[nH]nc(COc4ccccc4)c3C2)C(=O)N1. The molecule has 27 heavy (non-hydrogen) atoms. The van der Waals surface area contributed by atoms with Crippen LogP contribution in [0.25, 0.3) is 0 Å². The number of H-pyrrole nitrogens is 1. The van der Waals surface area contributed by atoms with Crippen LogP contribution in [0.15, 0.2) is 30.3 Å². The van der Waals surface area contributed by atoms with Gasteiger partial charge >= 0.3 is 6.03 Å². The number of amides is 4. The van der Waals surface area contributed by atoms with Crippen LogP contribution < -0.4 is 10.1 Å². The second-order valence-corrected chi connectivity index (χ2v) is 6.50. The largest absolute Gasteiger partial charge is 0.487 e.